The van der Waals surface area contributed by atoms with Gasteiger partial charge >= 0.3 is 18.1 Å². The van der Waals surface area contributed by atoms with Crippen molar-refractivity contribution in [1.82, 2.24) is 0 Å². The van der Waals surface area contributed by atoms with Gasteiger partial charge in [-0.3, -0.25) is 4.79 Å². The number of carbonyl (C=O) groups is 2. The smallest absolute Gasteiger partial charge is 0.432 e. The summed E-state index contributed by atoms with van der Waals surface area (Å²) in [6.45, 7) is 3.13. The van der Waals surface area contributed by atoms with E-state index in [9.17, 15) is 22.8 Å². The average Bonchev–Trinajstić information content (AvgIpc) is 2.74. The van der Waals surface area contributed by atoms with Gasteiger partial charge in [-0.05, 0) is 31.2 Å². The molecule has 0 radical (unpaired) electrons. The Morgan fingerprint density at radius 3 is 1.97 bits per heavy atom. The highest BCUT2D eigenvalue weighted by Gasteiger charge is 2.64. The molecule has 0 fully saturated rings. The van der Waals surface area contributed by atoms with E-state index in [0.29, 0.717) is 6.42 Å². The molecule has 0 aliphatic heterocycles. The van der Waals surface area contributed by atoms with E-state index in [4.69, 9.17) is 14.2 Å². The van der Waals surface area contributed by atoms with Crippen LogP contribution in [0.5, 0.6) is 0 Å². The Kier molecular flexibility index (Phi) is 8.83. The third-order valence-corrected chi connectivity index (χ3v) is 5.19. The predicted molar refractivity (Wildman–Crippen MR) is 112 cm³/mol. The van der Waals surface area contributed by atoms with Gasteiger partial charge in [0.1, 0.15) is 0 Å². The Morgan fingerprint density at radius 2 is 1.47 bits per heavy atom. The van der Waals surface area contributed by atoms with Crippen molar-refractivity contribution >= 4 is 11.9 Å². The fourth-order valence-electron chi connectivity index (χ4n) is 3.44. The lowest BCUT2D eigenvalue weighted by Crippen LogP contribution is -2.51. The lowest BCUT2D eigenvalue weighted by atomic mass is 9.91. The Labute approximate surface area is 185 Å². The summed E-state index contributed by atoms with van der Waals surface area (Å²) in [5, 5.41) is 0. The first-order valence-corrected chi connectivity index (χ1v) is 10.2. The molecule has 0 heterocycles. The van der Waals surface area contributed by atoms with E-state index in [-0.39, 0.29) is 31.1 Å². The Morgan fingerprint density at radius 1 is 0.906 bits per heavy atom. The number of halogens is 3. The molecular formula is C24H27F3O5. The van der Waals surface area contributed by atoms with Gasteiger partial charge in [-0.1, -0.05) is 60.2 Å². The van der Waals surface area contributed by atoms with Crippen molar-refractivity contribution in [2.75, 3.05) is 20.3 Å². The summed E-state index contributed by atoms with van der Waals surface area (Å²) in [4.78, 5) is 23.7. The average molecular weight is 452 g/mol. The summed E-state index contributed by atoms with van der Waals surface area (Å²) < 4.78 is 56.7. The molecule has 2 atom stereocenters. The van der Waals surface area contributed by atoms with Gasteiger partial charge in [0.25, 0.3) is 5.60 Å². The van der Waals surface area contributed by atoms with Crippen LogP contribution in [0, 0.1) is 6.92 Å². The van der Waals surface area contributed by atoms with Crippen LogP contribution < -0.4 is 0 Å². The van der Waals surface area contributed by atoms with Crippen molar-refractivity contribution in [3.63, 3.8) is 0 Å². The zero-order valence-electron chi connectivity index (χ0n) is 18.3. The summed E-state index contributed by atoms with van der Waals surface area (Å²) in [5.41, 5.74) is -1.61. The van der Waals surface area contributed by atoms with Gasteiger partial charge in [0.05, 0.1) is 13.2 Å². The molecule has 0 amide bonds. The van der Waals surface area contributed by atoms with Crippen molar-refractivity contribution in [2.45, 2.75) is 44.4 Å². The highest BCUT2D eigenvalue weighted by Crippen LogP contribution is 2.43. The number of aryl methyl sites for hydroxylation is 1. The summed E-state index contributed by atoms with van der Waals surface area (Å²) in [5.74, 6) is -2.12. The molecule has 0 aliphatic rings. The number of methoxy groups -OCH3 is 1. The second-order valence-corrected chi connectivity index (χ2v) is 7.41. The fourth-order valence-corrected chi connectivity index (χ4v) is 3.44. The van der Waals surface area contributed by atoms with E-state index in [1.165, 1.54) is 31.2 Å². The minimum atomic E-state index is -5.02. The largest absolute Gasteiger partial charge is 0.466 e. The molecule has 174 valence electrons. The maximum Gasteiger partial charge on any atom is 0.432 e. The number of esters is 2. The van der Waals surface area contributed by atoms with E-state index < -0.39 is 23.7 Å². The molecule has 32 heavy (non-hydrogen) atoms. The SMILES string of the molecule is CO[C@](C(=O)OCC[C@H](CCOC(C)=O)c1ccc(C)cc1)(c1ccccc1)C(F)(F)F. The van der Waals surface area contributed by atoms with E-state index in [2.05, 4.69) is 0 Å². The molecular weight excluding hydrogens is 425 g/mol. The lowest BCUT2D eigenvalue weighted by Gasteiger charge is -2.32. The lowest BCUT2D eigenvalue weighted by molar-refractivity contribution is -0.276. The molecule has 0 saturated carbocycles. The number of carbonyl (C=O) groups excluding carboxylic acids is 2. The van der Waals surface area contributed by atoms with Crippen molar-refractivity contribution in [2.24, 2.45) is 0 Å². The van der Waals surface area contributed by atoms with Gasteiger partial charge in [-0.15, -0.1) is 0 Å². The summed E-state index contributed by atoms with van der Waals surface area (Å²) in [6, 6.07) is 14.3. The second kappa shape index (κ2) is 11.1. The van der Waals surface area contributed by atoms with Crippen LogP contribution in [0.15, 0.2) is 54.6 Å². The van der Waals surface area contributed by atoms with Gasteiger partial charge in [-0.25, -0.2) is 4.79 Å². The third-order valence-electron chi connectivity index (χ3n) is 5.19. The van der Waals surface area contributed by atoms with Crippen LogP contribution in [0.4, 0.5) is 13.2 Å². The molecule has 5 nitrogen and oxygen atoms in total. The molecule has 0 unspecified atom stereocenters. The molecule has 0 aliphatic carbocycles. The first-order chi connectivity index (χ1) is 15.1. The van der Waals surface area contributed by atoms with Gasteiger partial charge < -0.3 is 14.2 Å². The van der Waals surface area contributed by atoms with E-state index in [1.807, 2.05) is 31.2 Å². The minimum Gasteiger partial charge on any atom is -0.466 e. The van der Waals surface area contributed by atoms with E-state index >= 15 is 0 Å². The van der Waals surface area contributed by atoms with E-state index in [0.717, 1.165) is 18.2 Å². The fraction of sp³-hybridized carbons (Fsp3) is 0.417. The summed E-state index contributed by atoms with van der Waals surface area (Å²) in [7, 11) is 0.829. The highest BCUT2D eigenvalue weighted by molar-refractivity contribution is 5.82. The van der Waals surface area contributed by atoms with Crippen molar-refractivity contribution in [3.05, 3.63) is 71.3 Å². The number of alkyl halides is 3. The van der Waals surface area contributed by atoms with Crippen LogP contribution in [-0.2, 0) is 29.4 Å². The first-order valence-electron chi connectivity index (χ1n) is 10.2. The van der Waals surface area contributed by atoms with Gasteiger partial charge in [0.15, 0.2) is 0 Å². The second-order valence-electron chi connectivity index (χ2n) is 7.41. The first kappa shape index (κ1) is 25.4. The number of ether oxygens (including phenoxy) is 3. The molecule has 0 aromatic heterocycles. The number of benzene rings is 2. The molecule has 0 saturated heterocycles. The van der Waals surface area contributed by atoms with Crippen LogP contribution in [0.2, 0.25) is 0 Å². The zero-order valence-corrected chi connectivity index (χ0v) is 18.3. The number of rotatable bonds is 10. The van der Waals surface area contributed by atoms with Gasteiger partial charge in [0, 0.05) is 19.6 Å². The van der Waals surface area contributed by atoms with Crippen LogP contribution in [0.25, 0.3) is 0 Å². The topological polar surface area (TPSA) is 61.8 Å². The maximum absolute atomic E-state index is 14.0. The highest BCUT2D eigenvalue weighted by atomic mass is 19.4. The molecule has 2 aromatic carbocycles. The van der Waals surface area contributed by atoms with Crippen LogP contribution in [-0.4, -0.2) is 38.4 Å². The van der Waals surface area contributed by atoms with E-state index in [1.54, 1.807) is 6.07 Å². The Hall–Kier alpha value is -2.87. The van der Waals surface area contributed by atoms with Crippen molar-refractivity contribution in [1.29, 1.82) is 0 Å². The van der Waals surface area contributed by atoms with Crippen molar-refractivity contribution in [3.8, 4) is 0 Å². The standard InChI is InChI=1S/C24H27F3O5/c1-17-9-11-19(12-10-17)20(13-15-31-18(2)28)14-16-32-22(29)23(30-3,24(25,26)27)21-7-5-4-6-8-21/h4-12,20H,13-16H2,1-3H3/t20-,23-/m0/s1. The van der Waals surface area contributed by atoms with Gasteiger partial charge in [-0.2, -0.15) is 13.2 Å². The third kappa shape index (κ3) is 6.09. The normalized spacial score (nSPS) is 14.3. The van der Waals surface area contributed by atoms with Crippen LogP contribution in [0.1, 0.15) is 42.4 Å². The molecule has 8 heteroatoms. The summed E-state index contributed by atoms with van der Waals surface area (Å²) in [6.07, 6.45) is -4.33. The maximum atomic E-state index is 14.0. The van der Waals surface area contributed by atoms with Crippen molar-refractivity contribution < 1.29 is 37.0 Å². The Balaban J connectivity index is 2.15. The zero-order chi connectivity index (χ0) is 23.8. The monoisotopic (exact) mass is 452 g/mol. The predicted octanol–water partition coefficient (Wildman–Crippen LogP) is 5.07. The van der Waals surface area contributed by atoms with Crippen LogP contribution >= 0.6 is 0 Å². The molecule has 2 aromatic rings. The molecule has 0 N–H and O–H groups in total. The summed E-state index contributed by atoms with van der Waals surface area (Å²) >= 11 is 0. The molecule has 0 spiro atoms. The molecule has 0 bridgehead atoms. The Bertz CT molecular complexity index is 881. The minimum absolute atomic E-state index is 0.149. The quantitative estimate of drug-likeness (QED) is 0.471. The molecule has 2 rings (SSSR count). The van der Waals surface area contributed by atoms with Gasteiger partial charge in [0.2, 0.25) is 0 Å². The number of hydrogen-bond donors (Lipinski definition) is 0. The van der Waals surface area contributed by atoms with Crippen LogP contribution in [0.3, 0.4) is 0 Å². The number of hydrogen-bond acceptors (Lipinski definition) is 5.